The number of aromatic nitrogens is 3. The zero-order valence-electron chi connectivity index (χ0n) is 14.2. The first kappa shape index (κ1) is 16.7. The molecule has 0 unspecified atom stereocenters. The van der Waals surface area contributed by atoms with Gasteiger partial charge >= 0.3 is 0 Å². The van der Waals surface area contributed by atoms with Crippen molar-refractivity contribution in [1.82, 2.24) is 25.6 Å². The number of halogens is 2. The van der Waals surface area contributed by atoms with Gasteiger partial charge in [-0.1, -0.05) is 0 Å². The van der Waals surface area contributed by atoms with Gasteiger partial charge in [0.05, 0.1) is 17.5 Å². The van der Waals surface area contributed by atoms with Gasteiger partial charge in [0.15, 0.2) is 0 Å². The number of imidazole rings is 1. The highest BCUT2D eigenvalue weighted by molar-refractivity contribution is 5.86. The molecule has 0 saturated heterocycles. The summed E-state index contributed by atoms with van der Waals surface area (Å²) in [7, 11) is 0. The van der Waals surface area contributed by atoms with Gasteiger partial charge in [-0.3, -0.25) is 4.79 Å². The SMILES string of the molecule is Cc1[nH]c2c(F)cc(F)cc2c1CCNC(=O)[C@@H]1NCCc2[nH]cnc21. The third-order valence-corrected chi connectivity index (χ3v) is 4.83. The Bertz CT molecular complexity index is 978. The largest absolute Gasteiger partial charge is 0.356 e. The number of hydrogen-bond acceptors (Lipinski definition) is 3. The first-order valence-corrected chi connectivity index (χ1v) is 8.54. The Morgan fingerprint density at radius 3 is 3.08 bits per heavy atom. The van der Waals surface area contributed by atoms with Crippen molar-refractivity contribution < 1.29 is 13.6 Å². The Hall–Kier alpha value is -2.74. The summed E-state index contributed by atoms with van der Waals surface area (Å²) in [5.74, 6) is -1.39. The van der Waals surface area contributed by atoms with Crippen LogP contribution in [-0.4, -0.2) is 33.9 Å². The van der Waals surface area contributed by atoms with Crippen LogP contribution in [0.4, 0.5) is 8.78 Å². The molecule has 4 rings (SSSR count). The average molecular weight is 359 g/mol. The number of nitrogens with zero attached hydrogens (tertiary/aromatic N) is 1. The molecule has 0 aliphatic carbocycles. The Labute approximate surface area is 148 Å². The molecule has 8 heteroatoms. The molecule has 1 aromatic carbocycles. The highest BCUT2D eigenvalue weighted by Crippen LogP contribution is 2.26. The third kappa shape index (κ3) is 2.86. The van der Waals surface area contributed by atoms with Gasteiger partial charge in [-0.15, -0.1) is 0 Å². The van der Waals surface area contributed by atoms with Crippen LogP contribution in [0.5, 0.6) is 0 Å². The Morgan fingerprint density at radius 2 is 2.23 bits per heavy atom. The predicted octanol–water partition coefficient (Wildman–Crippen LogP) is 2.02. The van der Waals surface area contributed by atoms with E-state index < -0.39 is 17.7 Å². The van der Waals surface area contributed by atoms with E-state index in [1.807, 2.05) is 6.92 Å². The van der Waals surface area contributed by atoms with Crippen LogP contribution in [0.3, 0.4) is 0 Å². The van der Waals surface area contributed by atoms with Crippen molar-refractivity contribution in [2.24, 2.45) is 0 Å². The second kappa shape index (κ2) is 6.53. The average Bonchev–Trinajstić information content (AvgIpc) is 3.20. The Balaban J connectivity index is 1.47. The highest BCUT2D eigenvalue weighted by atomic mass is 19.1. The normalized spacial score (nSPS) is 16.7. The molecule has 4 N–H and O–H groups in total. The lowest BCUT2D eigenvalue weighted by molar-refractivity contribution is -0.123. The number of aryl methyl sites for hydroxylation is 1. The van der Waals surface area contributed by atoms with Gasteiger partial charge in [-0.2, -0.15) is 0 Å². The van der Waals surface area contributed by atoms with Crippen molar-refractivity contribution in [2.75, 3.05) is 13.1 Å². The molecule has 1 aliphatic heterocycles. The minimum Gasteiger partial charge on any atom is -0.356 e. The minimum absolute atomic E-state index is 0.159. The fourth-order valence-electron chi connectivity index (χ4n) is 3.57. The molecular weight excluding hydrogens is 340 g/mol. The second-order valence-electron chi connectivity index (χ2n) is 6.48. The van der Waals surface area contributed by atoms with E-state index in [2.05, 4.69) is 25.6 Å². The van der Waals surface area contributed by atoms with E-state index in [9.17, 15) is 13.6 Å². The molecule has 0 bridgehead atoms. The van der Waals surface area contributed by atoms with Crippen molar-refractivity contribution in [3.8, 4) is 0 Å². The van der Waals surface area contributed by atoms with Crippen molar-refractivity contribution in [2.45, 2.75) is 25.8 Å². The summed E-state index contributed by atoms with van der Waals surface area (Å²) in [6.45, 7) is 2.88. The number of hydrogen-bond donors (Lipinski definition) is 4. The summed E-state index contributed by atoms with van der Waals surface area (Å²) in [5, 5.41) is 6.56. The number of fused-ring (bicyclic) bond motifs is 2. The van der Waals surface area contributed by atoms with E-state index in [4.69, 9.17) is 0 Å². The predicted molar refractivity (Wildman–Crippen MR) is 92.7 cm³/mol. The molecule has 0 saturated carbocycles. The lowest BCUT2D eigenvalue weighted by Gasteiger charge is -2.22. The van der Waals surface area contributed by atoms with E-state index >= 15 is 0 Å². The Kier molecular flexibility index (Phi) is 4.20. The molecule has 0 spiro atoms. The molecule has 0 fully saturated rings. The van der Waals surface area contributed by atoms with Gasteiger partial charge < -0.3 is 20.6 Å². The van der Waals surface area contributed by atoms with Crippen LogP contribution >= 0.6 is 0 Å². The zero-order valence-corrected chi connectivity index (χ0v) is 14.2. The number of amides is 1. The summed E-state index contributed by atoms with van der Waals surface area (Å²) in [4.78, 5) is 22.7. The number of rotatable bonds is 4. The molecule has 6 nitrogen and oxygen atoms in total. The first-order valence-electron chi connectivity index (χ1n) is 8.54. The van der Waals surface area contributed by atoms with Crippen LogP contribution in [0.25, 0.3) is 10.9 Å². The molecule has 1 amide bonds. The summed E-state index contributed by atoms with van der Waals surface area (Å²) in [5.41, 5.74) is 3.56. The molecule has 2 aromatic heterocycles. The van der Waals surface area contributed by atoms with Gasteiger partial charge in [-0.05, 0) is 25.0 Å². The summed E-state index contributed by atoms with van der Waals surface area (Å²) in [6.07, 6.45) is 2.88. The number of carbonyl (C=O) groups excluding carboxylic acids is 1. The lowest BCUT2D eigenvalue weighted by atomic mass is 10.0. The van der Waals surface area contributed by atoms with Crippen LogP contribution in [0.1, 0.15) is 28.7 Å². The molecule has 1 atom stereocenters. The number of carbonyl (C=O) groups is 1. The number of nitrogens with one attached hydrogen (secondary N) is 4. The van der Waals surface area contributed by atoms with Crippen molar-refractivity contribution in [3.05, 3.63) is 52.7 Å². The van der Waals surface area contributed by atoms with Gasteiger partial charge in [0.25, 0.3) is 0 Å². The quantitative estimate of drug-likeness (QED) is 0.575. The van der Waals surface area contributed by atoms with Crippen molar-refractivity contribution in [1.29, 1.82) is 0 Å². The molecule has 26 heavy (non-hydrogen) atoms. The van der Waals surface area contributed by atoms with E-state index in [1.165, 1.54) is 6.07 Å². The van der Waals surface area contributed by atoms with Gasteiger partial charge in [0.1, 0.15) is 17.7 Å². The maximum absolute atomic E-state index is 13.9. The topological polar surface area (TPSA) is 85.6 Å². The monoisotopic (exact) mass is 359 g/mol. The molecule has 3 heterocycles. The van der Waals surface area contributed by atoms with Crippen LogP contribution in [-0.2, 0) is 17.6 Å². The number of aromatic amines is 2. The zero-order chi connectivity index (χ0) is 18.3. The number of H-pyrrole nitrogens is 2. The van der Waals surface area contributed by atoms with Crippen LogP contribution < -0.4 is 10.6 Å². The molecule has 1 aliphatic rings. The van der Waals surface area contributed by atoms with Crippen LogP contribution in [0, 0.1) is 18.6 Å². The molecule has 3 aromatic rings. The van der Waals surface area contributed by atoms with Crippen molar-refractivity contribution >= 4 is 16.8 Å². The maximum atomic E-state index is 13.9. The van der Waals surface area contributed by atoms with E-state index in [-0.39, 0.29) is 5.91 Å². The van der Waals surface area contributed by atoms with Gasteiger partial charge in [0, 0.05) is 42.4 Å². The van der Waals surface area contributed by atoms with Crippen LogP contribution in [0.2, 0.25) is 0 Å². The maximum Gasteiger partial charge on any atom is 0.243 e. The number of benzene rings is 1. The van der Waals surface area contributed by atoms with Crippen LogP contribution in [0.15, 0.2) is 18.5 Å². The van der Waals surface area contributed by atoms with Gasteiger partial charge in [0.2, 0.25) is 5.91 Å². The molecular formula is C18H19F2N5O. The summed E-state index contributed by atoms with van der Waals surface area (Å²) >= 11 is 0. The molecule has 0 radical (unpaired) electrons. The standard InChI is InChI=1S/C18H19F2N5O/c1-9-11(12-6-10(19)7-13(20)15(12)25-9)2-4-22-18(26)17-16-14(3-5-21-17)23-8-24-16/h6-8,17,21,25H,2-5H2,1H3,(H,22,26)(H,23,24)/t17-/m1/s1. The summed E-state index contributed by atoms with van der Waals surface area (Å²) < 4.78 is 27.4. The van der Waals surface area contributed by atoms with E-state index in [1.54, 1.807) is 6.33 Å². The minimum atomic E-state index is -0.615. The van der Waals surface area contributed by atoms with E-state index in [0.717, 1.165) is 35.1 Å². The lowest BCUT2D eigenvalue weighted by Crippen LogP contribution is -2.42. The third-order valence-electron chi connectivity index (χ3n) is 4.83. The molecule has 136 valence electrons. The summed E-state index contributed by atoms with van der Waals surface area (Å²) in [6, 6.07) is 1.70. The first-order chi connectivity index (χ1) is 12.5. The fourth-order valence-corrected chi connectivity index (χ4v) is 3.57. The van der Waals surface area contributed by atoms with E-state index in [0.29, 0.717) is 30.4 Å². The van der Waals surface area contributed by atoms with Crippen molar-refractivity contribution in [3.63, 3.8) is 0 Å². The Morgan fingerprint density at radius 1 is 1.38 bits per heavy atom. The van der Waals surface area contributed by atoms with Gasteiger partial charge in [-0.25, -0.2) is 13.8 Å². The highest BCUT2D eigenvalue weighted by Gasteiger charge is 2.28. The smallest absolute Gasteiger partial charge is 0.243 e. The fraction of sp³-hybridized carbons (Fsp3) is 0.333. The second-order valence-corrected chi connectivity index (χ2v) is 6.48.